The molecule has 0 aromatic carbocycles. The van der Waals surface area contributed by atoms with Crippen molar-refractivity contribution in [3.63, 3.8) is 0 Å². The molecule has 1 aliphatic carbocycles. The van der Waals surface area contributed by atoms with Crippen LogP contribution >= 0.6 is 0 Å². The first-order valence-corrected chi connectivity index (χ1v) is 5.76. The van der Waals surface area contributed by atoms with Gasteiger partial charge >= 0.3 is 5.97 Å². The van der Waals surface area contributed by atoms with E-state index < -0.39 is 0 Å². The highest BCUT2D eigenvalue weighted by atomic mass is 16.5. The van der Waals surface area contributed by atoms with E-state index in [0.717, 1.165) is 12.8 Å². The molecule has 0 bridgehead atoms. The summed E-state index contributed by atoms with van der Waals surface area (Å²) >= 11 is 0. The molecule has 2 nitrogen and oxygen atoms in total. The molecule has 0 heterocycles. The minimum absolute atomic E-state index is 0.0474. The summed E-state index contributed by atoms with van der Waals surface area (Å²) in [4.78, 5) is 11.9. The first-order chi connectivity index (χ1) is 6.99. The summed E-state index contributed by atoms with van der Waals surface area (Å²) in [5, 5.41) is 0. The van der Waals surface area contributed by atoms with E-state index in [4.69, 9.17) is 4.74 Å². The molecule has 0 aliphatic heterocycles. The number of esters is 1. The van der Waals surface area contributed by atoms with Gasteiger partial charge in [0.15, 0.2) is 0 Å². The fourth-order valence-corrected chi connectivity index (χ4v) is 2.75. The van der Waals surface area contributed by atoms with Gasteiger partial charge in [-0.05, 0) is 24.2 Å². The molecule has 1 fully saturated rings. The standard InChI is InChI=1S/C13H22O2/c1-5-9-15-12(14)11-10(2)7-6-8-13(11,3)4/h5,10-11H,1,6-9H2,2-4H3/t10-,11-/m0/s1. The van der Waals surface area contributed by atoms with E-state index in [0.29, 0.717) is 12.5 Å². The third-order valence-corrected chi connectivity index (χ3v) is 3.49. The van der Waals surface area contributed by atoms with E-state index in [1.165, 1.54) is 6.42 Å². The molecular formula is C13H22O2. The van der Waals surface area contributed by atoms with Gasteiger partial charge in [-0.25, -0.2) is 0 Å². The Labute approximate surface area is 92.7 Å². The average molecular weight is 210 g/mol. The average Bonchev–Trinajstić information content (AvgIpc) is 2.13. The predicted octanol–water partition coefficient (Wildman–Crippen LogP) is 3.18. The van der Waals surface area contributed by atoms with Crippen LogP contribution in [0.5, 0.6) is 0 Å². The molecule has 1 saturated carbocycles. The fourth-order valence-electron chi connectivity index (χ4n) is 2.75. The maximum Gasteiger partial charge on any atom is 0.310 e. The minimum Gasteiger partial charge on any atom is -0.461 e. The van der Waals surface area contributed by atoms with Gasteiger partial charge < -0.3 is 4.74 Å². The Bertz CT molecular complexity index is 243. The summed E-state index contributed by atoms with van der Waals surface area (Å²) in [6, 6.07) is 0. The van der Waals surface area contributed by atoms with Crippen LogP contribution in [0.25, 0.3) is 0 Å². The number of ether oxygens (including phenoxy) is 1. The first-order valence-electron chi connectivity index (χ1n) is 5.76. The molecule has 2 atom stereocenters. The lowest BCUT2D eigenvalue weighted by molar-refractivity contribution is -0.156. The monoisotopic (exact) mass is 210 g/mol. The van der Waals surface area contributed by atoms with Crippen molar-refractivity contribution in [2.24, 2.45) is 17.3 Å². The molecular weight excluding hydrogens is 188 g/mol. The molecule has 0 radical (unpaired) electrons. The minimum atomic E-state index is -0.0490. The van der Waals surface area contributed by atoms with Crippen LogP contribution in [0.1, 0.15) is 40.0 Å². The summed E-state index contributed by atoms with van der Waals surface area (Å²) < 4.78 is 5.18. The largest absolute Gasteiger partial charge is 0.461 e. The van der Waals surface area contributed by atoms with Gasteiger partial charge in [-0.2, -0.15) is 0 Å². The zero-order valence-electron chi connectivity index (χ0n) is 10.1. The van der Waals surface area contributed by atoms with Crippen LogP contribution < -0.4 is 0 Å². The predicted molar refractivity (Wildman–Crippen MR) is 61.4 cm³/mol. The van der Waals surface area contributed by atoms with Crippen LogP contribution in [0.15, 0.2) is 12.7 Å². The number of carbonyl (C=O) groups is 1. The van der Waals surface area contributed by atoms with Crippen LogP contribution in [0.4, 0.5) is 0 Å². The van der Waals surface area contributed by atoms with E-state index in [9.17, 15) is 4.79 Å². The quantitative estimate of drug-likeness (QED) is 0.528. The second-order valence-corrected chi connectivity index (χ2v) is 5.25. The number of rotatable bonds is 3. The second-order valence-electron chi connectivity index (χ2n) is 5.25. The lowest BCUT2D eigenvalue weighted by Gasteiger charge is -2.40. The highest BCUT2D eigenvalue weighted by molar-refractivity contribution is 5.74. The highest BCUT2D eigenvalue weighted by Crippen LogP contribution is 2.44. The Morgan fingerprint density at radius 1 is 1.60 bits per heavy atom. The molecule has 1 aliphatic rings. The molecule has 2 heteroatoms. The maximum atomic E-state index is 11.9. The van der Waals surface area contributed by atoms with Crippen LogP contribution in [-0.4, -0.2) is 12.6 Å². The van der Waals surface area contributed by atoms with Crippen molar-refractivity contribution < 1.29 is 9.53 Å². The molecule has 0 saturated heterocycles. The van der Waals surface area contributed by atoms with Crippen LogP contribution in [0.2, 0.25) is 0 Å². The third kappa shape index (κ3) is 2.83. The molecule has 0 unspecified atom stereocenters. The van der Waals surface area contributed by atoms with Crippen molar-refractivity contribution in [3.05, 3.63) is 12.7 Å². The second kappa shape index (κ2) is 4.82. The lowest BCUT2D eigenvalue weighted by Crippen LogP contribution is -2.40. The summed E-state index contributed by atoms with van der Waals surface area (Å²) in [7, 11) is 0. The summed E-state index contributed by atoms with van der Waals surface area (Å²) in [5.74, 6) is 0.435. The molecule has 15 heavy (non-hydrogen) atoms. The Kier molecular flexibility index (Phi) is 3.95. The van der Waals surface area contributed by atoms with Gasteiger partial charge in [-0.1, -0.05) is 39.8 Å². The zero-order valence-corrected chi connectivity index (χ0v) is 10.1. The molecule has 0 aromatic heterocycles. The number of hydrogen-bond donors (Lipinski definition) is 0. The third-order valence-electron chi connectivity index (χ3n) is 3.49. The topological polar surface area (TPSA) is 26.3 Å². The van der Waals surface area contributed by atoms with E-state index in [1.807, 2.05) is 0 Å². The van der Waals surface area contributed by atoms with Crippen molar-refractivity contribution in [2.75, 3.05) is 6.61 Å². The molecule has 1 rings (SSSR count). The number of hydrogen-bond acceptors (Lipinski definition) is 2. The summed E-state index contributed by atoms with van der Waals surface area (Å²) in [5.41, 5.74) is 0.0793. The molecule has 86 valence electrons. The Hall–Kier alpha value is -0.790. The number of carbonyl (C=O) groups excluding carboxylic acids is 1. The van der Waals surface area contributed by atoms with E-state index in [1.54, 1.807) is 6.08 Å². The van der Waals surface area contributed by atoms with E-state index in [-0.39, 0.29) is 17.3 Å². The van der Waals surface area contributed by atoms with Gasteiger partial charge in [0.2, 0.25) is 0 Å². The van der Waals surface area contributed by atoms with Gasteiger partial charge in [0.1, 0.15) is 6.61 Å². The van der Waals surface area contributed by atoms with Crippen LogP contribution in [-0.2, 0) is 9.53 Å². The Morgan fingerprint density at radius 2 is 2.27 bits per heavy atom. The van der Waals surface area contributed by atoms with Gasteiger partial charge in [-0.15, -0.1) is 0 Å². The van der Waals surface area contributed by atoms with Crippen molar-refractivity contribution >= 4 is 5.97 Å². The SMILES string of the molecule is C=CCOC(=O)[C@@H]1[C@@H](C)CCCC1(C)C. The summed E-state index contributed by atoms with van der Waals surface area (Å²) in [6.07, 6.45) is 5.10. The maximum absolute atomic E-state index is 11.9. The Morgan fingerprint density at radius 3 is 2.80 bits per heavy atom. The molecule has 0 spiro atoms. The molecule has 0 N–H and O–H groups in total. The van der Waals surface area contributed by atoms with Gasteiger partial charge in [0, 0.05) is 0 Å². The lowest BCUT2D eigenvalue weighted by atomic mass is 9.64. The van der Waals surface area contributed by atoms with Gasteiger partial charge in [-0.3, -0.25) is 4.79 Å². The molecule has 0 amide bonds. The van der Waals surface area contributed by atoms with Crippen molar-refractivity contribution in [1.29, 1.82) is 0 Å². The first kappa shape index (κ1) is 12.3. The highest BCUT2D eigenvalue weighted by Gasteiger charge is 2.42. The molecule has 0 aromatic rings. The van der Waals surface area contributed by atoms with Gasteiger partial charge in [0.25, 0.3) is 0 Å². The van der Waals surface area contributed by atoms with Crippen molar-refractivity contribution in [2.45, 2.75) is 40.0 Å². The van der Waals surface area contributed by atoms with Crippen LogP contribution in [0, 0.1) is 17.3 Å². The van der Waals surface area contributed by atoms with Crippen molar-refractivity contribution in [3.8, 4) is 0 Å². The normalized spacial score (nSPS) is 29.5. The smallest absolute Gasteiger partial charge is 0.310 e. The zero-order chi connectivity index (χ0) is 11.5. The van der Waals surface area contributed by atoms with Gasteiger partial charge in [0.05, 0.1) is 5.92 Å². The fraction of sp³-hybridized carbons (Fsp3) is 0.769. The van der Waals surface area contributed by atoms with E-state index in [2.05, 4.69) is 27.4 Å². The Balaban J connectivity index is 2.69. The summed E-state index contributed by atoms with van der Waals surface area (Å²) in [6.45, 7) is 10.4. The van der Waals surface area contributed by atoms with Crippen molar-refractivity contribution in [1.82, 2.24) is 0 Å². The van der Waals surface area contributed by atoms with E-state index >= 15 is 0 Å². The van der Waals surface area contributed by atoms with Crippen LogP contribution in [0.3, 0.4) is 0 Å².